The van der Waals surface area contributed by atoms with Crippen molar-refractivity contribution in [1.29, 1.82) is 0 Å². The molecule has 9 heteroatoms. The molecule has 2 aromatic carbocycles. The number of halogens is 1. The summed E-state index contributed by atoms with van der Waals surface area (Å²) in [5.41, 5.74) is 2.42. The quantitative estimate of drug-likeness (QED) is 0.704. The van der Waals surface area contributed by atoms with E-state index >= 15 is 0 Å². The highest BCUT2D eigenvalue weighted by Gasteiger charge is 2.41. The van der Waals surface area contributed by atoms with Crippen molar-refractivity contribution < 1.29 is 33.7 Å². The molecule has 2 aliphatic heterocycles. The third-order valence-corrected chi connectivity index (χ3v) is 5.04. The van der Waals surface area contributed by atoms with Crippen LogP contribution in [0.15, 0.2) is 42.5 Å². The van der Waals surface area contributed by atoms with Crippen molar-refractivity contribution >= 4 is 11.6 Å². The number of phenolic OH excluding ortho intramolecular Hbond substituents is 2. The molecule has 0 aromatic heterocycles. The minimum atomic E-state index is -1.04. The van der Waals surface area contributed by atoms with Gasteiger partial charge < -0.3 is 24.6 Å². The fraction of sp³-hybridized carbons (Fsp3) is 0.286. The number of phenols is 2. The van der Waals surface area contributed by atoms with Gasteiger partial charge in [-0.15, -0.1) is 0 Å². The van der Waals surface area contributed by atoms with Gasteiger partial charge in [0.05, 0.1) is 38.1 Å². The first-order valence-electron chi connectivity index (χ1n) is 9.30. The number of rotatable bonds is 3. The normalized spacial score (nSPS) is 21.1. The number of aromatic hydroxyl groups is 2. The van der Waals surface area contributed by atoms with Crippen molar-refractivity contribution in [3.63, 3.8) is 0 Å². The molecule has 30 heavy (non-hydrogen) atoms. The Kier molecular flexibility index (Phi) is 5.23. The number of nitrogens with zero attached hydrogens (tertiary/aromatic N) is 1. The van der Waals surface area contributed by atoms with Gasteiger partial charge in [-0.2, -0.15) is 0 Å². The Labute approximate surface area is 172 Å². The number of methoxy groups -OCH3 is 1. The first-order chi connectivity index (χ1) is 14.4. The molecule has 3 N–H and O–H groups in total. The summed E-state index contributed by atoms with van der Waals surface area (Å²) >= 11 is 0. The molecule has 1 spiro atoms. The maximum atomic E-state index is 14.4. The second kappa shape index (κ2) is 7.85. The molecule has 0 radical (unpaired) electrons. The second-order valence-electron chi connectivity index (χ2n) is 7.15. The summed E-state index contributed by atoms with van der Waals surface area (Å²) < 4.78 is 25.2. The van der Waals surface area contributed by atoms with E-state index < -0.39 is 17.3 Å². The van der Waals surface area contributed by atoms with E-state index in [0.29, 0.717) is 11.4 Å². The largest absolute Gasteiger partial charge is 0.508 e. The number of benzene rings is 2. The Morgan fingerprint density at radius 1 is 1.27 bits per heavy atom. The van der Waals surface area contributed by atoms with E-state index in [1.165, 1.54) is 36.3 Å². The zero-order chi connectivity index (χ0) is 21.3. The minimum Gasteiger partial charge on any atom is -0.508 e. The number of hydroxylamine groups is 1. The Bertz CT molecular complexity index is 1010. The van der Waals surface area contributed by atoms with Crippen LogP contribution in [-0.2, 0) is 9.57 Å². The Hall–Kier alpha value is -3.30. The number of carbonyl (C=O) groups is 1. The van der Waals surface area contributed by atoms with Gasteiger partial charge in [-0.3, -0.25) is 15.1 Å². The lowest BCUT2D eigenvalue weighted by Gasteiger charge is -2.28. The molecule has 158 valence electrons. The van der Waals surface area contributed by atoms with Crippen LogP contribution >= 0.6 is 0 Å². The third-order valence-electron chi connectivity index (χ3n) is 5.04. The van der Waals surface area contributed by atoms with Gasteiger partial charge in [-0.25, -0.2) is 4.39 Å². The van der Waals surface area contributed by atoms with Crippen molar-refractivity contribution in [2.45, 2.75) is 5.60 Å². The molecule has 1 saturated heterocycles. The van der Waals surface area contributed by atoms with Crippen molar-refractivity contribution in [1.82, 2.24) is 10.4 Å². The smallest absolute Gasteiger partial charge is 0.257 e. The van der Waals surface area contributed by atoms with Crippen LogP contribution in [0.4, 0.5) is 4.39 Å². The molecule has 1 atom stereocenters. The summed E-state index contributed by atoms with van der Waals surface area (Å²) in [5.74, 6) is -0.857. The summed E-state index contributed by atoms with van der Waals surface area (Å²) in [6.07, 6.45) is 1.69. The summed E-state index contributed by atoms with van der Waals surface area (Å²) in [6, 6.07) is 8.15. The fourth-order valence-electron chi connectivity index (χ4n) is 3.51. The molecule has 0 saturated carbocycles. The number of hydrogen-bond acceptors (Lipinski definition) is 7. The van der Waals surface area contributed by atoms with Crippen LogP contribution in [0.1, 0.15) is 15.9 Å². The van der Waals surface area contributed by atoms with Gasteiger partial charge in [0.25, 0.3) is 5.91 Å². The molecule has 2 aliphatic rings. The summed E-state index contributed by atoms with van der Waals surface area (Å²) in [5, 5.41) is 19.5. The van der Waals surface area contributed by atoms with Gasteiger partial charge in [-0.1, -0.05) is 0 Å². The van der Waals surface area contributed by atoms with E-state index in [-0.39, 0.29) is 48.9 Å². The lowest BCUT2D eigenvalue weighted by molar-refractivity contribution is -0.0765. The van der Waals surface area contributed by atoms with Crippen LogP contribution in [0.3, 0.4) is 0 Å². The van der Waals surface area contributed by atoms with Crippen LogP contribution in [0.2, 0.25) is 0 Å². The van der Waals surface area contributed by atoms with E-state index in [1.807, 2.05) is 0 Å². The van der Waals surface area contributed by atoms with Crippen LogP contribution in [-0.4, -0.2) is 60.0 Å². The van der Waals surface area contributed by atoms with E-state index in [2.05, 4.69) is 5.48 Å². The lowest BCUT2D eigenvalue weighted by Crippen LogP contribution is -2.46. The summed E-state index contributed by atoms with van der Waals surface area (Å²) in [7, 11) is 1.49. The Morgan fingerprint density at radius 3 is 2.87 bits per heavy atom. The molecule has 0 bridgehead atoms. The Morgan fingerprint density at radius 2 is 2.10 bits per heavy atom. The SMILES string of the molecule is COc1ccc(F)c(C2=CC3(COCCN(C(=O)c4ccc(O)cc4O)C3)ON2)c1. The number of ether oxygens (including phenoxy) is 2. The highest BCUT2D eigenvalue weighted by atomic mass is 19.1. The zero-order valence-electron chi connectivity index (χ0n) is 16.2. The monoisotopic (exact) mass is 416 g/mol. The predicted molar refractivity (Wildman–Crippen MR) is 104 cm³/mol. The van der Waals surface area contributed by atoms with Crippen LogP contribution in [0, 0.1) is 5.82 Å². The number of carbonyl (C=O) groups excluding carboxylic acids is 1. The van der Waals surface area contributed by atoms with E-state index in [0.717, 1.165) is 6.07 Å². The van der Waals surface area contributed by atoms with Gasteiger partial charge in [-0.05, 0) is 36.4 Å². The highest BCUT2D eigenvalue weighted by Crippen LogP contribution is 2.32. The maximum absolute atomic E-state index is 14.4. The van der Waals surface area contributed by atoms with E-state index in [9.17, 15) is 19.4 Å². The highest BCUT2D eigenvalue weighted by molar-refractivity contribution is 5.97. The maximum Gasteiger partial charge on any atom is 0.257 e. The fourth-order valence-corrected chi connectivity index (χ4v) is 3.51. The topological polar surface area (TPSA) is 100 Å². The molecule has 8 nitrogen and oxygen atoms in total. The van der Waals surface area contributed by atoms with Gasteiger partial charge in [0.2, 0.25) is 0 Å². The van der Waals surface area contributed by atoms with Crippen LogP contribution in [0.25, 0.3) is 5.70 Å². The summed E-state index contributed by atoms with van der Waals surface area (Å²) in [4.78, 5) is 20.2. The second-order valence-corrected chi connectivity index (χ2v) is 7.15. The molecule has 4 rings (SSSR count). The standard InChI is InChI=1S/C21H21FN2O6/c1-28-14-3-5-17(22)16(9-14)18-10-21(30-23-18)11-24(6-7-29-12-21)20(27)15-4-2-13(25)8-19(15)26/h2-5,8-10,23,25-26H,6-7,11-12H2,1H3. The van der Waals surface area contributed by atoms with Crippen LogP contribution < -0.4 is 10.2 Å². The van der Waals surface area contributed by atoms with Crippen LogP contribution in [0.5, 0.6) is 17.2 Å². The van der Waals surface area contributed by atoms with E-state index in [1.54, 1.807) is 12.1 Å². The number of hydrogen-bond donors (Lipinski definition) is 3. The van der Waals surface area contributed by atoms with Gasteiger partial charge in [0.15, 0.2) is 5.60 Å². The molecule has 1 fully saturated rings. The predicted octanol–water partition coefficient (Wildman–Crippen LogP) is 2.03. The third kappa shape index (κ3) is 3.77. The lowest BCUT2D eigenvalue weighted by atomic mass is 10.0. The molecule has 0 aliphatic carbocycles. The molecular formula is C21H21FN2O6. The van der Waals surface area contributed by atoms with Crippen molar-refractivity contribution in [2.75, 3.05) is 33.4 Å². The molecule has 1 unspecified atom stereocenters. The van der Waals surface area contributed by atoms with Crippen molar-refractivity contribution in [3.8, 4) is 17.2 Å². The molecule has 2 aromatic rings. The van der Waals surface area contributed by atoms with Crippen molar-refractivity contribution in [2.24, 2.45) is 0 Å². The minimum absolute atomic E-state index is 0.0545. The van der Waals surface area contributed by atoms with Gasteiger partial charge in [0.1, 0.15) is 23.1 Å². The molecule has 1 amide bonds. The number of amides is 1. The molecular weight excluding hydrogens is 395 g/mol. The van der Waals surface area contributed by atoms with Gasteiger partial charge in [0, 0.05) is 18.2 Å². The van der Waals surface area contributed by atoms with Crippen molar-refractivity contribution in [3.05, 3.63) is 59.4 Å². The average molecular weight is 416 g/mol. The van der Waals surface area contributed by atoms with E-state index in [4.69, 9.17) is 14.3 Å². The summed E-state index contributed by atoms with van der Waals surface area (Å²) in [6.45, 7) is 0.821. The number of nitrogens with one attached hydrogen (secondary N) is 1. The molecule has 2 heterocycles. The van der Waals surface area contributed by atoms with Gasteiger partial charge >= 0.3 is 0 Å². The average Bonchev–Trinajstić information content (AvgIpc) is 3.01. The Balaban J connectivity index is 1.62. The first kappa shape index (κ1) is 20.0. The zero-order valence-corrected chi connectivity index (χ0v) is 16.2. The first-order valence-corrected chi connectivity index (χ1v) is 9.30.